The zero-order valence-electron chi connectivity index (χ0n) is 27.7. The van der Waals surface area contributed by atoms with E-state index in [1.54, 1.807) is 0 Å². The zero-order valence-corrected chi connectivity index (χ0v) is 27.7. The predicted octanol–water partition coefficient (Wildman–Crippen LogP) is 14.0. The van der Waals surface area contributed by atoms with E-state index in [-0.39, 0.29) is 0 Å². The van der Waals surface area contributed by atoms with Crippen molar-refractivity contribution in [2.45, 2.75) is 0 Å². The van der Waals surface area contributed by atoms with Crippen LogP contribution in [0.15, 0.2) is 197 Å². The molecule has 0 fully saturated rings. The van der Waals surface area contributed by atoms with Crippen LogP contribution in [0, 0.1) is 0 Å². The Bertz CT molecular complexity index is 2850. The lowest BCUT2D eigenvalue weighted by Crippen LogP contribution is -2.11. The topological polar surface area (TPSA) is 29.5 Å². The van der Waals surface area contributed by atoms with Crippen molar-refractivity contribution in [2.75, 3.05) is 4.90 Å². The second kappa shape index (κ2) is 11.9. The van der Waals surface area contributed by atoms with Crippen LogP contribution in [-0.4, -0.2) is 0 Å². The number of hydrogen-bond donors (Lipinski definition) is 0. The Labute approximate surface area is 295 Å². The van der Waals surface area contributed by atoms with Gasteiger partial charge < -0.3 is 13.7 Å². The van der Waals surface area contributed by atoms with Crippen molar-refractivity contribution in [1.82, 2.24) is 0 Å². The third-order valence-corrected chi connectivity index (χ3v) is 9.89. The summed E-state index contributed by atoms with van der Waals surface area (Å²) in [5, 5.41) is 4.35. The van der Waals surface area contributed by atoms with Gasteiger partial charge in [0.2, 0.25) is 0 Å². The van der Waals surface area contributed by atoms with E-state index in [0.29, 0.717) is 0 Å². The summed E-state index contributed by atoms with van der Waals surface area (Å²) in [7, 11) is 0. The minimum absolute atomic E-state index is 0.855. The van der Waals surface area contributed by atoms with Gasteiger partial charge in [-0.05, 0) is 82.4 Å². The van der Waals surface area contributed by atoms with Gasteiger partial charge in [-0.3, -0.25) is 0 Å². The van der Waals surface area contributed by atoms with Crippen molar-refractivity contribution in [3.63, 3.8) is 0 Å². The normalized spacial score (nSPS) is 11.5. The first kappa shape index (κ1) is 29.1. The maximum atomic E-state index is 6.54. The summed E-state index contributed by atoms with van der Waals surface area (Å²) in [5.41, 5.74) is 13.5. The van der Waals surface area contributed by atoms with Crippen molar-refractivity contribution >= 4 is 60.9 Å². The Morgan fingerprint density at radius 3 is 1.63 bits per heavy atom. The molecule has 0 atom stereocenters. The van der Waals surface area contributed by atoms with Gasteiger partial charge in [0, 0.05) is 38.5 Å². The summed E-state index contributed by atoms with van der Waals surface area (Å²) >= 11 is 0. The molecule has 0 aliphatic rings. The highest BCUT2D eigenvalue weighted by atomic mass is 16.3. The Morgan fingerprint density at radius 1 is 0.333 bits per heavy atom. The van der Waals surface area contributed by atoms with Crippen molar-refractivity contribution < 1.29 is 8.83 Å². The molecule has 2 aromatic heterocycles. The van der Waals surface area contributed by atoms with Crippen LogP contribution < -0.4 is 4.90 Å². The first-order valence-electron chi connectivity index (χ1n) is 17.3. The molecule has 8 aromatic carbocycles. The molecule has 3 heteroatoms. The average molecular weight is 654 g/mol. The monoisotopic (exact) mass is 653 g/mol. The quantitative estimate of drug-likeness (QED) is 0.179. The molecule has 0 bridgehead atoms. The van der Waals surface area contributed by atoms with Crippen molar-refractivity contribution in [1.29, 1.82) is 0 Å². The number of para-hydroxylation sites is 2. The standard InChI is InChI=1S/C48H31NO2/c1-3-13-32(14-4-1)33-23-25-35(26-24-33)49(36-27-29-45-41(31-36)38-18-9-11-21-43(38)50-45)42-28-30-46-48(40-20-10-12-22-44(40)51-46)47(42)39-19-8-7-17-37(39)34-15-5-2-6-16-34/h1-31H. The van der Waals surface area contributed by atoms with E-state index >= 15 is 0 Å². The van der Waals surface area contributed by atoms with Gasteiger partial charge in [-0.25, -0.2) is 0 Å². The number of benzene rings is 8. The van der Waals surface area contributed by atoms with Crippen molar-refractivity contribution in [2.24, 2.45) is 0 Å². The Hall–Kier alpha value is -6.84. The fraction of sp³-hybridized carbons (Fsp3) is 0. The molecule has 240 valence electrons. The molecule has 2 heterocycles. The second-order valence-electron chi connectivity index (χ2n) is 12.9. The fourth-order valence-electron chi connectivity index (χ4n) is 7.55. The highest BCUT2D eigenvalue weighted by molar-refractivity contribution is 6.18. The summed E-state index contributed by atoms with van der Waals surface area (Å²) in [5.74, 6) is 0. The van der Waals surface area contributed by atoms with Crippen LogP contribution in [-0.2, 0) is 0 Å². The highest BCUT2D eigenvalue weighted by Gasteiger charge is 2.25. The molecule has 0 saturated carbocycles. The maximum Gasteiger partial charge on any atom is 0.136 e. The van der Waals surface area contributed by atoms with Gasteiger partial charge in [0.05, 0.1) is 5.69 Å². The first-order chi connectivity index (χ1) is 25.3. The van der Waals surface area contributed by atoms with Crippen LogP contribution in [0.2, 0.25) is 0 Å². The summed E-state index contributed by atoms with van der Waals surface area (Å²) < 4.78 is 12.8. The van der Waals surface area contributed by atoms with E-state index in [0.717, 1.165) is 83.2 Å². The molecule has 51 heavy (non-hydrogen) atoms. The largest absolute Gasteiger partial charge is 0.456 e. The van der Waals surface area contributed by atoms with E-state index in [1.807, 2.05) is 18.2 Å². The molecule has 0 aliphatic carbocycles. The number of rotatable bonds is 6. The lowest BCUT2D eigenvalue weighted by atomic mass is 9.90. The Kier molecular flexibility index (Phi) is 6.81. The Balaban J connectivity index is 1.29. The van der Waals surface area contributed by atoms with Gasteiger partial charge in [-0.1, -0.05) is 133 Å². The van der Waals surface area contributed by atoms with Gasteiger partial charge in [0.1, 0.15) is 22.3 Å². The maximum absolute atomic E-state index is 6.54. The molecular formula is C48H31NO2. The Morgan fingerprint density at radius 2 is 0.863 bits per heavy atom. The van der Waals surface area contributed by atoms with Crippen LogP contribution >= 0.6 is 0 Å². The minimum atomic E-state index is 0.855. The molecule has 10 rings (SSSR count). The number of furan rings is 2. The molecule has 0 amide bonds. The molecule has 0 aliphatic heterocycles. The third-order valence-electron chi connectivity index (χ3n) is 9.89. The number of anilines is 3. The van der Waals surface area contributed by atoms with Gasteiger partial charge in [0.15, 0.2) is 0 Å². The fourth-order valence-corrected chi connectivity index (χ4v) is 7.55. The van der Waals surface area contributed by atoms with E-state index < -0.39 is 0 Å². The minimum Gasteiger partial charge on any atom is -0.456 e. The predicted molar refractivity (Wildman–Crippen MR) is 212 cm³/mol. The van der Waals surface area contributed by atoms with Crippen LogP contribution in [0.1, 0.15) is 0 Å². The smallest absolute Gasteiger partial charge is 0.136 e. The number of fused-ring (bicyclic) bond motifs is 6. The summed E-state index contributed by atoms with van der Waals surface area (Å²) in [6, 6.07) is 66.2. The SMILES string of the molecule is c1ccc(-c2ccc(N(c3ccc4oc5ccccc5c4c3)c3ccc4oc5ccccc5c4c3-c3ccccc3-c3ccccc3)cc2)cc1. The molecule has 10 aromatic rings. The van der Waals surface area contributed by atoms with Crippen molar-refractivity contribution in [3.05, 3.63) is 188 Å². The van der Waals surface area contributed by atoms with Crippen molar-refractivity contribution in [3.8, 4) is 33.4 Å². The van der Waals surface area contributed by atoms with E-state index in [2.05, 4.69) is 175 Å². The zero-order chi connectivity index (χ0) is 33.7. The summed E-state index contributed by atoms with van der Waals surface area (Å²) in [4.78, 5) is 2.38. The van der Waals surface area contributed by atoms with Crippen LogP contribution in [0.3, 0.4) is 0 Å². The molecular weight excluding hydrogens is 623 g/mol. The summed E-state index contributed by atoms with van der Waals surface area (Å²) in [6.07, 6.45) is 0. The molecule has 0 spiro atoms. The van der Waals surface area contributed by atoms with Gasteiger partial charge in [0.25, 0.3) is 0 Å². The van der Waals surface area contributed by atoms with Crippen LogP contribution in [0.25, 0.3) is 77.3 Å². The van der Waals surface area contributed by atoms with Crippen LogP contribution in [0.4, 0.5) is 17.1 Å². The first-order valence-corrected chi connectivity index (χ1v) is 17.3. The lowest BCUT2D eigenvalue weighted by Gasteiger charge is -2.29. The molecule has 0 radical (unpaired) electrons. The number of hydrogen-bond acceptors (Lipinski definition) is 3. The van der Waals surface area contributed by atoms with Gasteiger partial charge in [-0.15, -0.1) is 0 Å². The van der Waals surface area contributed by atoms with Gasteiger partial charge in [-0.2, -0.15) is 0 Å². The molecule has 0 N–H and O–H groups in total. The van der Waals surface area contributed by atoms with E-state index in [4.69, 9.17) is 8.83 Å². The number of nitrogens with zero attached hydrogens (tertiary/aromatic N) is 1. The van der Waals surface area contributed by atoms with Gasteiger partial charge >= 0.3 is 0 Å². The molecule has 0 saturated heterocycles. The second-order valence-corrected chi connectivity index (χ2v) is 12.9. The summed E-state index contributed by atoms with van der Waals surface area (Å²) in [6.45, 7) is 0. The average Bonchev–Trinajstić information content (AvgIpc) is 3.77. The lowest BCUT2D eigenvalue weighted by molar-refractivity contribution is 0.668. The van der Waals surface area contributed by atoms with E-state index in [1.165, 1.54) is 11.1 Å². The highest BCUT2D eigenvalue weighted by Crippen LogP contribution is 2.50. The third kappa shape index (κ3) is 4.90. The molecule has 3 nitrogen and oxygen atoms in total. The van der Waals surface area contributed by atoms with Crippen LogP contribution in [0.5, 0.6) is 0 Å². The van der Waals surface area contributed by atoms with E-state index in [9.17, 15) is 0 Å². The molecule has 0 unspecified atom stereocenters.